The average Bonchev–Trinajstić information content (AvgIpc) is 3.61. The number of esters is 1. The number of ketones is 1. The van der Waals surface area contributed by atoms with Gasteiger partial charge in [-0.25, -0.2) is 4.79 Å². The molecule has 0 saturated heterocycles. The van der Waals surface area contributed by atoms with Crippen LogP contribution < -0.4 is 15.0 Å². The number of allylic oxidation sites excluding steroid dienone is 1. The van der Waals surface area contributed by atoms with Crippen molar-refractivity contribution in [1.82, 2.24) is 10.3 Å². The molecule has 1 aliphatic heterocycles. The minimum Gasteiger partial charge on any atom is -0.507 e. The summed E-state index contributed by atoms with van der Waals surface area (Å²) >= 11 is 0. The summed E-state index contributed by atoms with van der Waals surface area (Å²) in [5.74, 6) is -2.06. The molecule has 292 valence electrons. The van der Waals surface area contributed by atoms with Crippen molar-refractivity contribution < 1.29 is 34.1 Å². The van der Waals surface area contributed by atoms with Gasteiger partial charge >= 0.3 is 5.97 Å². The van der Waals surface area contributed by atoms with Crippen LogP contribution in [0, 0.1) is 0 Å². The molecule has 2 heterocycles. The van der Waals surface area contributed by atoms with E-state index >= 15 is 0 Å². The summed E-state index contributed by atoms with van der Waals surface area (Å²) in [5, 5.41) is 27.9. The van der Waals surface area contributed by atoms with Gasteiger partial charge in [0.25, 0.3) is 0 Å². The van der Waals surface area contributed by atoms with Gasteiger partial charge in [-0.1, -0.05) is 54.6 Å². The Bertz CT molecular complexity index is 2190. The van der Waals surface area contributed by atoms with Gasteiger partial charge in [0.05, 0.1) is 13.2 Å². The van der Waals surface area contributed by atoms with E-state index in [1.54, 1.807) is 44.4 Å². The van der Waals surface area contributed by atoms with Crippen molar-refractivity contribution in [2.75, 3.05) is 32.6 Å². The maximum atomic E-state index is 14.2. The summed E-state index contributed by atoms with van der Waals surface area (Å²) in [6.07, 6.45) is 7.97. The number of H-pyrrole nitrogens is 1. The number of nitrogens with zero attached hydrogens (tertiary/aromatic N) is 1. The van der Waals surface area contributed by atoms with E-state index < -0.39 is 23.7 Å². The number of fused-ring (bicyclic) bond motifs is 2. The first-order valence-electron chi connectivity index (χ1n) is 19.3. The predicted octanol–water partition coefficient (Wildman–Crippen LogP) is 8.61. The molecule has 1 amide bonds. The van der Waals surface area contributed by atoms with Crippen molar-refractivity contribution in [2.45, 2.75) is 69.8 Å². The van der Waals surface area contributed by atoms with Crippen molar-refractivity contribution in [1.29, 1.82) is 0 Å². The molecule has 10 nitrogen and oxygen atoms in total. The molecule has 0 fully saturated rings. The lowest BCUT2D eigenvalue weighted by Crippen LogP contribution is -2.30. The maximum absolute atomic E-state index is 14.2. The zero-order chi connectivity index (χ0) is 39.8. The number of hydrogen-bond donors (Lipinski definition) is 4. The first kappa shape index (κ1) is 39.7. The van der Waals surface area contributed by atoms with Crippen molar-refractivity contribution in [2.24, 2.45) is 0 Å². The van der Waals surface area contributed by atoms with Crippen LogP contribution in [0.1, 0.15) is 102 Å². The number of carbonyl (C=O) groups is 3. The highest BCUT2D eigenvalue weighted by Crippen LogP contribution is 2.44. The highest BCUT2D eigenvalue weighted by atomic mass is 16.5. The van der Waals surface area contributed by atoms with Crippen LogP contribution in [0.5, 0.6) is 17.2 Å². The zero-order valence-electron chi connectivity index (χ0n) is 32.5. The van der Waals surface area contributed by atoms with Gasteiger partial charge in [-0.15, -0.1) is 0 Å². The molecule has 2 unspecified atom stereocenters. The van der Waals surface area contributed by atoms with E-state index in [-0.39, 0.29) is 53.0 Å². The molecule has 0 saturated carbocycles. The second-order valence-electron chi connectivity index (χ2n) is 14.7. The Labute approximate surface area is 328 Å². The van der Waals surface area contributed by atoms with Crippen LogP contribution in [0.2, 0.25) is 0 Å². The Morgan fingerprint density at radius 1 is 0.964 bits per heavy atom. The Hall–Kier alpha value is -6.03. The minimum atomic E-state index is -0.856. The molecule has 56 heavy (non-hydrogen) atoms. The van der Waals surface area contributed by atoms with Crippen LogP contribution in [0.15, 0.2) is 91.1 Å². The van der Waals surface area contributed by atoms with Crippen LogP contribution in [-0.2, 0) is 14.3 Å². The number of aromatic hydroxyl groups is 2. The number of rotatable bonds is 10. The second kappa shape index (κ2) is 18.1. The number of Topliss-reactive ketones (excluding diaryl/α,β-unsaturated/α-hetero) is 1. The number of carbonyl (C=O) groups excluding carboxylic acids is 3. The van der Waals surface area contributed by atoms with Crippen molar-refractivity contribution in [3.63, 3.8) is 0 Å². The van der Waals surface area contributed by atoms with Gasteiger partial charge in [0.2, 0.25) is 5.91 Å². The fourth-order valence-corrected chi connectivity index (χ4v) is 7.51. The van der Waals surface area contributed by atoms with Crippen LogP contribution in [0.25, 0.3) is 17.0 Å². The molecule has 3 atom stereocenters. The van der Waals surface area contributed by atoms with Crippen LogP contribution >= 0.6 is 0 Å². The van der Waals surface area contributed by atoms with Gasteiger partial charge in [0.1, 0.15) is 28.6 Å². The molecule has 6 rings (SSSR count). The maximum Gasteiger partial charge on any atom is 0.342 e. The van der Waals surface area contributed by atoms with Gasteiger partial charge in [0.15, 0.2) is 0 Å². The number of aromatic amines is 1. The van der Waals surface area contributed by atoms with Crippen LogP contribution in [0.4, 0.5) is 5.69 Å². The van der Waals surface area contributed by atoms with E-state index in [2.05, 4.69) is 40.6 Å². The van der Waals surface area contributed by atoms with Crippen molar-refractivity contribution in [3.05, 3.63) is 125 Å². The number of phenolic OH excluding ortho intramolecular Hbond substituents is 2. The lowest BCUT2D eigenvalue weighted by Gasteiger charge is -2.24. The fourth-order valence-electron chi connectivity index (χ4n) is 7.51. The number of phenols is 2. The normalized spacial score (nSPS) is 16.9. The van der Waals surface area contributed by atoms with Gasteiger partial charge in [-0.2, -0.15) is 0 Å². The molecule has 0 radical (unpaired) electrons. The number of methoxy groups -OCH3 is 1. The molecule has 1 aromatic heterocycles. The van der Waals surface area contributed by atoms with Crippen LogP contribution in [0.3, 0.4) is 0 Å². The predicted molar refractivity (Wildman–Crippen MR) is 220 cm³/mol. The highest BCUT2D eigenvalue weighted by Gasteiger charge is 2.31. The minimum absolute atomic E-state index is 0.0428. The number of anilines is 1. The molecule has 4 aromatic carbocycles. The first-order valence-corrected chi connectivity index (χ1v) is 19.3. The van der Waals surface area contributed by atoms with Crippen LogP contribution in [-0.4, -0.2) is 66.7 Å². The monoisotopic (exact) mass is 757 g/mol. The average molecular weight is 758 g/mol. The van der Waals surface area contributed by atoms with Crippen molar-refractivity contribution in [3.8, 4) is 17.2 Å². The summed E-state index contributed by atoms with van der Waals surface area (Å²) < 4.78 is 11.2. The molecular formula is C46H51N3O7. The zero-order valence-corrected chi connectivity index (χ0v) is 32.5. The van der Waals surface area contributed by atoms with Gasteiger partial charge < -0.3 is 34.9 Å². The first-order chi connectivity index (χ1) is 27.0. The number of benzene rings is 4. The molecule has 0 bridgehead atoms. The fraction of sp³-hybridized carbons (Fsp3) is 0.326. The highest BCUT2D eigenvalue weighted by molar-refractivity contribution is 5.98. The molecule has 0 spiro atoms. The lowest BCUT2D eigenvalue weighted by molar-refractivity contribution is -0.121. The number of ether oxygens (including phenoxy) is 2. The third-order valence-corrected chi connectivity index (χ3v) is 10.6. The lowest BCUT2D eigenvalue weighted by atomic mass is 9.84. The van der Waals surface area contributed by atoms with E-state index in [1.165, 1.54) is 6.07 Å². The molecule has 5 aromatic rings. The third-order valence-electron chi connectivity index (χ3n) is 10.6. The van der Waals surface area contributed by atoms with Gasteiger partial charge in [-0.05, 0) is 91.3 Å². The van der Waals surface area contributed by atoms with Crippen molar-refractivity contribution >= 4 is 40.3 Å². The summed E-state index contributed by atoms with van der Waals surface area (Å²) in [6.45, 7) is 2.03. The van der Waals surface area contributed by atoms with E-state index in [1.807, 2.05) is 49.5 Å². The Kier molecular flexibility index (Phi) is 12.8. The van der Waals surface area contributed by atoms with E-state index in [9.17, 15) is 24.6 Å². The molecule has 0 aliphatic carbocycles. The summed E-state index contributed by atoms with van der Waals surface area (Å²) in [6, 6.07) is 24.8. The standard InChI is InChI=1S/C46H51N3O7/c1-29-11-10-14-34(50)13-7-5-6-12-32-25-41(51)44(45(53)43(32)46(54)56-29)37(30-19-23-35(55-4)24-20-30)26-42(52)48-27-38(31-17-21-33(22-18-31)49(2)3)39-28-47-40-16-9-8-15-36(39)40/h6,8-9,12,15-25,28-29,37-38,47,51,53H,5,7,10-11,13-14,26-27H2,1-4H3,(H,48,52)/b12-6+/t29-,37?,38?/m0/s1. The Balaban J connectivity index is 1.35. The number of nitrogens with one attached hydrogen (secondary N) is 2. The smallest absolute Gasteiger partial charge is 0.342 e. The number of cyclic esters (lactones) is 1. The number of amides is 1. The number of para-hydroxylation sites is 1. The van der Waals surface area contributed by atoms with E-state index in [0.29, 0.717) is 49.8 Å². The molecule has 1 aliphatic rings. The molecule has 10 heteroatoms. The second-order valence-corrected chi connectivity index (χ2v) is 14.7. The van der Waals surface area contributed by atoms with Gasteiger partial charge in [0, 0.05) is 80.1 Å². The molecule has 4 N–H and O–H groups in total. The third kappa shape index (κ3) is 9.25. The summed E-state index contributed by atoms with van der Waals surface area (Å²) in [7, 11) is 5.54. The summed E-state index contributed by atoms with van der Waals surface area (Å²) in [5.41, 5.74) is 4.98. The summed E-state index contributed by atoms with van der Waals surface area (Å²) in [4.78, 5) is 45.6. The SMILES string of the molecule is COc1ccc(C(CC(=O)NCC(c2ccc(N(C)C)cc2)c2c[nH]c3ccccc23)c2c(O)cc3c(c2O)C(=O)O[C@@H](C)CCCC(=O)CCC/C=C/3)cc1. The Morgan fingerprint density at radius 3 is 2.39 bits per heavy atom. The number of aromatic nitrogens is 1. The van der Waals surface area contributed by atoms with Gasteiger partial charge in [-0.3, -0.25) is 9.59 Å². The molecular weight excluding hydrogens is 707 g/mol. The number of hydrogen-bond acceptors (Lipinski definition) is 8. The largest absolute Gasteiger partial charge is 0.507 e. The Morgan fingerprint density at radius 2 is 1.66 bits per heavy atom. The van der Waals surface area contributed by atoms with E-state index in [0.717, 1.165) is 27.7 Å². The van der Waals surface area contributed by atoms with E-state index in [4.69, 9.17) is 9.47 Å². The topological polar surface area (TPSA) is 141 Å². The quantitative estimate of drug-likeness (QED) is 0.104.